The van der Waals surface area contributed by atoms with Crippen molar-refractivity contribution in [2.75, 3.05) is 19.6 Å². The van der Waals surface area contributed by atoms with Crippen molar-refractivity contribution < 1.29 is 0 Å². The zero-order valence-corrected chi connectivity index (χ0v) is 11.4. The van der Waals surface area contributed by atoms with Gasteiger partial charge in [0, 0.05) is 19.1 Å². The minimum atomic E-state index is 0.629. The second-order valence-electron chi connectivity index (χ2n) is 5.29. The van der Waals surface area contributed by atoms with Crippen LogP contribution < -0.4 is 5.73 Å². The second-order valence-corrected chi connectivity index (χ2v) is 5.29. The van der Waals surface area contributed by atoms with Crippen LogP contribution >= 0.6 is 0 Å². The molecule has 1 aliphatic heterocycles. The Balaban J connectivity index is 2.57. The molecule has 0 spiro atoms. The molecule has 1 aliphatic rings. The van der Waals surface area contributed by atoms with Crippen LogP contribution in [0, 0.1) is 11.8 Å². The molecular formula is C14H30N2. The average molecular weight is 226 g/mol. The standard InChI is InChI=1S/C14H30N2/c1-4-12-8-7-9-16(11-12)14(10-15)13(5-2)6-3/h12-14H,4-11,15H2,1-3H3. The molecule has 0 aromatic heterocycles. The number of hydrogen-bond donors (Lipinski definition) is 1. The molecule has 2 unspecified atom stereocenters. The topological polar surface area (TPSA) is 29.3 Å². The van der Waals surface area contributed by atoms with Gasteiger partial charge in [-0.25, -0.2) is 0 Å². The van der Waals surface area contributed by atoms with Crippen LogP contribution in [0.25, 0.3) is 0 Å². The van der Waals surface area contributed by atoms with Gasteiger partial charge in [0.25, 0.3) is 0 Å². The zero-order valence-electron chi connectivity index (χ0n) is 11.4. The number of likely N-dealkylation sites (tertiary alicyclic amines) is 1. The molecule has 2 nitrogen and oxygen atoms in total. The fourth-order valence-corrected chi connectivity index (χ4v) is 3.20. The molecule has 2 N–H and O–H groups in total. The van der Waals surface area contributed by atoms with E-state index in [9.17, 15) is 0 Å². The van der Waals surface area contributed by atoms with Gasteiger partial charge in [-0.2, -0.15) is 0 Å². The first-order valence-corrected chi connectivity index (χ1v) is 7.20. The third-order valence-corrected chi connectivity index (χ3v) is 4.43. The first-order valence-electron chi connectivity index (χ1n) is 7.20. The maximum absolute atomic E-state index is 6.00. The van der Waals surface area contributed by atoms with Crippen molar-refractivity contribution in [1.29, 1.82) is 0 Å². The van der Waals surface area contributed by atoms with Gasteiger partial charge >= 0.3 is 0 Å². The highest BCUT2D eigenvalue weighted by atomic mass is 15.2. The molecule has 1 fully saturated rings. The van der Waals surface area contributed by atoms with E-state index in [1.54, 1.807) is 0 Å². The van der Waals surface area contributed by atoms with Crippen molar-refractivity contribution in [2.24, 2.45) is 17.6 Å². The Hall–Kier alpha value is -0.0800. The average Bonchev–Trinajstić information content (AvgIpc) is 2.35. The van der Waals surface area contributed by atoms with Crippen LogP contribution in [0.5, 0.6) is 0 Å². The Labute approximate surface area is 102 Å². The largest absolute Gasteiger partial charge is 0.329 e. The smallest absolute Gasteiger partial charge is 0.0246 e. The van der Waals surface area contributed by atoms with E-state index in [2.05, 4.69) is 25.7 Å². The summed E-state index contributed by atoms with van der Waals surface area (Å²) in [5.41, 5.74) is 6.00. The van der Waals surface area contributed by atoms with E-state index in [4.69, 9.17) is 5.73 Å². The summed E-state index contributed by atoms with van der Waals surface area (Å²) in [4.78, 5) is 2.68. The molecule has 1 saturated heterocycles. The minimum Gasteiger partial charge on any atom is -0.329 e. The molecule has 0 bridgehead atoms. The molecule has 0 amide bonds. The molecule has 16 heavy (non-hydrogen) atoms. The third kappa shape index (κ3) is 3.46. The number of nitrogens with zero attached hydrogens (tertiary/aromatic N) is 1. The van der Waals surface area contributed by atoms with Crippen LogP contribution in [0.2, 0.25) is 0 Å². The van der Waals surface area contributed by atoms with Crippen LogP contribution in [-0.4, -0.2) is 30.6 Å². The van der Waals surface area contributed by atoms with E-state index < -0.39 is 0 Å². The molecule has 1 rings (SSSR count). The number of hydrogen-bond acceptors (Lipinski definition) is 2. The van der Waals surface area contributed by atoms with E-state index in [1.807, 2.05) is 0 Å². The lowest BCUT2D eigenvalue weighted by atomic mass is 9.88. The second kappa shape index (κ2) is 7.29. The molecular weight excluding hydrogens is 196 g/mol. The van der Waals surface area contributed by atoms with Crippen molar-refractivity contribution in [2.45, 2.75) is 58.9 Å². The highest BCUT2D eigenvalue weighted by Gasteiger charge is 2.28. The van der Waals surface area contributed by atoms with E-state index in [1.165, 1.54) is 45.2 Å². The highest BCUT2D eigenvalue weighted by Crippen LogP contribution is 2.25. The van der Waals surface area contributed by atoms with Gasteiger partial charge in [0.2, 0.25) is 0 Å². The lowest BCUT2D eigenvalue weighted by molar-refractivity contribution is 0.0859. The van der Waals surface area contributed by atoms with Crippen LogP contribution in [-0.2, 0) is 0 Å². The Morgan fingerprint density at radius 1 is 1.25 bits per heavy atom. The van der Waals surface area contributed by atoms with E-state index >= 15 is 0 Å². The van der Waals surface area contributed by atoms with Crippen molar-refractivity contribution in [3.05, 3.63) is 0 Å². The molecule has 0 aromatic carbocycles. The monoisotopic (exact) mass is 226 g/mol. The highest BCUT2D eigenvalue weighted by molar-refractivity contribution is 4.83. The summed E-state index contributed by atoms with van der Waals surface area (Å²) in [7, 11) is 0. The SMILES string of the molecule is CCC1CCCN(C(CN)C(CC)CC)C1. The third-order valence-electron chi connectivity index (χ3n) is 4.43. The summed E-state index contributed by atoms with van der Waals surface area (Å²) >= 11 is 0. The van der Waals surface area contributed by atoms with Crippen molar-refractivity contribution >= 4 is 0 Å². The number of rotatable bonds is 6. The van der Waals surface area contributed by atoms with Crippen LogP contribution in [0.4, 0.5) is 0 Å². The van der Waals surface area contributed by atoms with Crippen molar-refractivity contribution in [1.82, 2.24) is 4.90 Å². The normalized spacial score (nSPS) is 24.9. The lowest BCUT2D eigenvalue weighted by Gasteiger charge is -2.41. The first kappa shape index (κ1) is 14.0. The first-order chi connectivity index (χ1) is 7.76. The lowest BCUT2D eigenvalue weighted by Crippen LogP contribution is -2.49. The fourth-order valence-electron chi connectivity index (χ4n) is 3.20. The molecule has 0 aromatic rings. The summed E-state index contributed by atoms with van der Waals surface area (Å²) in [6.07, 6.45) is 6.66. The molecule has 0 saturated carbocycles. The van der Waals surface area contributed by atoms with Crippen LogP contribution in [0.1, 0.15) is 52.9 Å². The van der Waals surface area contributed by atoms with Crippen molar-refractivity contribution in [3.8, 4) is 0 Å². The molecule has 0 aliphatic carbocycles. The van der Waals surface area contributed by atoms with Gasteiger partial charge in [0.05, 0.1) is 0 Å². The molecule has 2 heteroatoms. The van der Waals surface area contributed by atoms with Crippen LogP contribution in [0.3, 0.4) is 0 Å². The number of piperidine rings is 1. The Morgan fingerprint density at radius 3 is 2.44 bits per heavy atom. The van der Waals surface area contributed by atoms with Crippen LogP contribution in [0.15, 0.2) is 0 Å². The predicted molar refractivity (Wildman–Crippen MR) is 71.5 cm³/mol. The summed E-state index contributed by atoms with van der Waals surface area (Å²) in [6, 6.07) is 0.629. The molecule has 96 valence electrons. The zero-order chi connectivity index (χ0) is 12.0. The van der Waals surface area contributed by atoms with Gasteiger partial charge in [-0.3, -0.25) is 4.90 Å². The van der Waals surface area contributed by atoms with Gasteiger partial charge < -0.3 is 5.73 Å². The maximum atomic E-state index is 6.00. The predicted octanol–water partition coefficient (Wildman–Crippen LogP) is 2.87. The van der Waals surface area contributed by atoms with E-state index in [0.29, 0.717) is 6.04 Å². The van der Waals surface area contributed by atoms with Crippen molar-refractivity contribution in [3.63, 3.8) is 0 Å². The van der Waals surface area contributed by atoms with E-state index in [-0.39, 0.29) is 0 Å². The maximum Gasteiger partial charge on any atom is 0.0246 e. The summed E-state index contributed by atoms with van der Waals surface area (Å²) < 4.78 is 0. The summed E-state index contributed by atoms with van der Waals surface area (Å²) in [5.74, 6) is 1.71. The van der Waals surface area contributed by atoms with Gasteiger partial charge in [-0.15, -0.1) is 0 Å². The quantitative estimate of drug-likeness (QED) is 0.754. The molecule has 1 heterocycles. The fraction of sp³-hybridized carbons (Fsp3) is 1.00. The Morgan fingerprint density at radius 2 is 1.94 bits per heavy atom. The Bertz CT molecular complexity index is 178. The molecule has 2 atom stereocenters. The summed E-state index contributed by atoms with van der Waals surface area (Å²) in [6.45, 7) is 10.3. The Kier molecular flexibility index (Phi) is 6.37. The van der Waals surface area contributed by atoms with E-state index in [0.717, 1.165) is 18.4 Å². The summed E-state index contributed by atoms with van der Waals surface area (Å²) in [5, 5.41) is 0. The van der Waals surface area contributed by atoms with Gasteiger partial charge in [0.1, 0.15) is 0 Å². The molecule has 0 radical (unpaired) electrons. The van der Waals surface area contributed by atoms with Gasteiger partial charge in [-0.05, 0) is 31.2 Å². The minimum absolute atomic E-state index is 0.629. The number of nitrogens with two attached hydrogens (primary N) is 1. The van der Waals surface area contributed by atoms with Gasteiger partial charge in [-0.1, -0.05) is 40.0 Å². The van der Waals surface area contributed by atoms with Gasteiger partial charge in [0.15, 0.2) is 0 Å².